The zero-order valence-electron chi connectivity index (χ0n) is 8.16. The first kappa shape index (κ1) is 14.6. The van der Waals surface area contributed by atoms with Crippen molar-refractivity contribution in [1.29, 1.82) is 0 Å². The van der Waals surface area contributed by atoms with E-state index >= 15 is 0 Å². The highest BCUT2D eigenvalue weighted by atomic mass is 35.5. The summed E-state index contributed by atoms with van der Waals surface area (Å²) in [5.74, 6) is -1.85. The van der Waals surface area contributed by atoms with Crippen LogP contribution in [0.5, 0.6) is 0 Å². The van der Waals surface area contributed by atoms with Crippen molar-refractivity contribution in [2.45, 2.75) is 12.4 Å². The molecule has 1 aromatic rings. The van der Waals surface area contributed by atoms with Gasteiger partial charge in [-0.25, -0.2) is 4.79 Å². The second-order valence-electron chi connectivity index (χ2n) is 3.18. The van der Waals surface area contributed by atoms with Crippen molar-refractivity contribution in [2.24, 2.45) is 0 Å². The maximum atomic E-state index is 12.4. The Morgan fingerprint density at radius 2 is 1.39 bits per heavy atom. The lowest BCUT2D eigenvalue weighted by Gasteiger charge is -2.16. The average Bonchev–Trinajstić information content (AvgIpc) is 2.13. The van der Waals surface area contributed by atoms with Crippen LogP contribution in [0.4, 0.5) is 26.3 Å². The molecule has 1 rings (SSSR count). The number of halogens is 7. The van der Waals surface area contributed by atoms with E-state index < -0.39 is 40.0 Å². The molecule has 2 nitrogen and oxygen atoms in total. The number of carboxylic acids is 1. The first-order valence-corrected chi connectivity index (χ1v) is 4.53. The summed E-state index contributed by atoms with van der Waals surface area (Å²) in [6, 6.07) is -0.179. The van der Waals surface area contributed by atoms with E-state index in [1.807, 2.05) is 0 Å². The van der Waals surface area contributed by atoms with Crippen molar-refractivity contribution < 1.29 is 36.2 Å². The van der Waals surface area contributed by atoms with Crippen molar-refractivity contribution in [3.8, 4) is 0 Å². The second-order valence-corrected chi connectivity index (χ2v) is 3.59. The quantitative estimate of drug-likeness (QED) is 0.792. The summed E-state index contributed by atoms with van der Waals surface area (Å²) in [5, 5.41) is 7.60. The van der Waals surface area contributed by atoms with E-state index in [1.54, 1.807) is 0 Å². The van der Waals surface area contributed by atoms with Crippen LogP contribution in [0.2, 0.25) is 5.02 Å². The Morgan fingerprint density at radius 3 is 1.72 bits per heavy atom. The Morgan fingerprint density at radius 1 is 1.00 bits per heavy atom. The van der Waals surface area contributed by atoms with Gasteiger partial charge in [0.2, 0.25) is 0 Å². The highest BCUT2D eigenvalue weighted by molar-refractivity contribution is 6.33. The molecule has 0 saturated heterocycles. The lowest BCUT2D eigenvalue weighted by Crippen LogP contribution is -2.18. The lowest BCUT2D eigenvalue weighted by atomic mass is 10.0. The molecule has 0 aromatic heterocycles. The summed E-state index contributed by atoms with van der Waals surface area (Å²) < 4.78 is 74.4. The third kappa shape index (κ3) is 2.87. The molecular formula is C9H3ClF6O2. The van der Waals surface area contributed by atoms with E-state index in [-0.39, 0.29) is 12.1 Å². The normalized spacial score (nSPS) is 12.6. The van der Waals surface area contributed by atoms with Crippen LogP contribution in [0.15, 0.2) is 12.1 Å². The van der Waals surface area contributed by atoms with Crippen molar-refractivity contribution in [3.63, 3.8) is 0 Å². The number of hydrogen-bond donors (Lipinski definition) is 1. The van der Waals surface area contributed by atoms with E-state index in [4.69, 9.17) is 16.7 Å². The summed E-state index contributed by atoms with van der Waals surface area (Å²) in [4.78, 5) is 10.5. The second kappa shape index (κ2) is 4.34. The molecule has 0 saturated carbocycles. The van der Waals surface area contributed by atoms with Gasteiger partial charge in [0.05, 0.1) is 21.7 Å². The van der Waals surface area contributed by atoms with E-state index in [9.17, 15) is 31.1 Å². The van der Waals surface area contributed by atoms with Gasteiger partial charge in [-0.05, 0) is 12.1 Å². The fraction of sp³-hybridized carbons (Fsp3) is 0.222. The number of aromatic carboxylic acids is 1. The monoisotopic (exact) mass is 292 g/mol. The molecule has 0 amide bonds. The van der Waals surface area contributed by atoms with E-state index in [0.29, 0.717) is 0 Å². The van der Waals surface area contributed by atoms with Gasteiger partial charge in [-0.15, -0.1) is 0 Å². The molecule has 0 aliphatic heterocycles. The summed E-state index contributed by atoms with van der Waals surface area (Å²) in [6.45, 7) is 0. The first-order valence-electron chi connectivity index (χ1n) is 4.16. The van der Waals surface area contributed by atoms with Crippen LogP contribution in [-0.4, -0.2) is 11.1 Å². The minimum Gasteiger partial charge on any atom is -0.478 e. The van der Waals surface area contributed by atoms with Gasteiger partial charge in [-0.2, -0.15) is 26.3 Å². The third-order valence-electron chi connectivity index (χ3n) is 1.95. The van der Waals surface area contributed by atoms with Crippen molar-refractivity contribution in [3.05, 3.63) is 33.8 Å². The van der Waals surface area contributed by atoms with Gasteiger partial charge in [0.25, 0.3) is 0 Å². The Labute approximate surface area is 101 Å². The van der Waals surface area contributed by atoms with Crippen molar-refractivity contribution in [1.82, 2.24) is 0 Å². The minimum atomic E-state index is -5.33. The number of rotatable bonds is 1. The summed E-state index contributed by atoms with van der Waals surface area (Å²) >= 11 is 5.20. The molecule has 1 aromatic carbocycles. The van der Waals surface area contributed by atoms with Crippen LogP contribution in [-0.2, 0) is 12.4 Å². The molecule has 0 heterocycles. The Hall–Kier alpha value is -1.44. The van der Waals surface area contributed by atoms with Crippen molar-refractivity contribution >= 4 is 17.6 Å². The van der Waals surface area contributed by atoms with Gasteiger partial charge in [-0.1, -0.05) is 11.6 Å². The Bertz CT molecular complexity index is 491. The largest absolute Gasteiger partial charge is 0.478 e. The van der Waals surface area contributed by atoms with Gasteiger partial charge in [-0.3, -0.25) is 0 Å². The molecule has 0 aliphatic rings. The van der Waals surface area contributed by atoms with Crippen molar-refractivity contribution in [2.75, 3.05) is 0 Å². The molecule has 18 heavy (non-hydrogen) atoms. The molecule has 0 radical (unpaired) electrons. The van der Waals surface area contributed by atoms with Gasteiger partial charge >= 0.3 is 18.3 Å². The van der Waals surface area contributed by atoms with E-state index in [2.05, 4.69) is 0 Å². The molecule has 0 fully saturated rings. The van der Waals surface area contributed by atoms with Crippen LogP contribution < -0.4 is 0 Å². The van der Waals surface area contributed by atoms with Crippen LogP contribution in [0.3, 0.4) is 0 Å². The maximum absolute atomic E-state index is 12.4. The molecule has 0 unspecified atom stereocenters. The summed E-state index contributed by atoms with van der Waals surface area (Å²) in [6.07, 6.45) is -10.6. The smallest absolute Gasteiger partial charge is 0.417 e. The Kier molecular flexibility index (Phi) is 3.53. The molecule has 0 aliphatic carbocycles. The summed E-state index contributed by atoms with van der Waals surface area (Å²) in [5.41, 5.74) is -5.15. The number of hydrogen-bond acceptors (Lipinski definition) is 1. The molecule has 0 atom stereocenters. The minimum absolute atomic E-state index is 0.0478. The van der Waals surface area contributed by atoms with Gasteiger partial charge in [0, 0.05) is 0 Å². The predicted molar refractivity (Wildman–Crippen MR) is 48.4 cm³/mol. The topological polar surface area (TPSA) is 37.3 Å². The zero-order chi connectivity index (χ0) is 14.3. The predicted octanol–water partition coefficient (Wildman–Crippen LogP) is 4.08. The zero-order valence-corrected chi connectivity index (χ0v) is 8.91. The molecule has 9 heteroatoms. The molecule has 0 spiro atoms. The van der Waals surface area contributed by atoms with E-state index in [0.717, 1.165) is 0 Å². The maximum Gasteiger partial charge on any atom is 0.417 e. The summed E-state index contributed by atoms with van der Waals surface area (Å²) in [7, 11) is 0. The fourth-order valence-corrected chi connectivity index (χ4v) is 1.45. The van der Waals surface area contributed by atoms with Gasteiger partial charge in [0.1, 0.15) is 0 Å². The highest BCUT2D eigenvalue weighted by Crippen LogP contribution is 2.42. The number of carbonyl (C=O) groups is 1. The van der Waals surface area contributed by atoms with Crippen LogP contribution in [0, 0.1) is 0 Å². The fourth-order valence-electron chi connectivity index (χ4n) is 1.21. The molecular weight excluding hydrogens is 290 g/mol. The van der Waals surface area contributed by atoms with Crippen LogP contribution in [0.1, 0.15) is 21.5 Å². The first-order chi connectivity index (χ1) is 7.94. The SMILES string of the molecule is O=C(O)c1cc(C(F)(F)F)c(C(F)(F)F)cc1Cl. The third-order valence-corrected chi connectivity index (χ3v) is 2.26. The molecule has 100 valence electrons. The Balaban J connectivity index is 3.64. The molecule has 0 bridgehead atoms. The number of alkyl halides is 6. The average molecular weight is 293 g/mol. The number of benzene rings is 1. The molecule has 1 N–H and O–H groups in total. The highest BCUT2D eigenvalue weighted by Gasteiger charge is 2.44. The van der Waals surface area contributed by atoms with Gasteiger partial charge < -0.3 is 5.11 Å². The van der Waals surface area contributed by atoms with E-state index in [1.165, 1.54) is 0 Å². The number of carboxylic acid groups (broad SMARTS) is 1. The van der Waals surface area contributed by atoms with Crippen LogP contribution >= 0.6 is 11.6 Å². The van der Waals surface area contributed by atoms with Crippen LogP contribution in [0.25, 0.3) is 0 Å². The van der Waals surface area contributed by atoms with Gasteiger partial charge in [0.15, 0.2) is 0 Å². The standard InChI is InChI=1S/C9H3ClF6O2/c10-6-2-5(9(14,15)16)4(8(11,12)13)1-3(6)7(17)18/h1-2H,(H,17,18). The lowest BCUT2D eigenvalue weighted by molar-refractivity contribution is -0.162.